The predicted molar refractivity (Wildman–Crippen MR) is 128 cm³/mol. The minimum atomic E-state index is -0.914. The number of fused-ring (bicyclic) bond motifs is 3. The number of amides is 1. The van der Waals surface area contributed by atoms with Gasteiger partial charge >= 0.3 is 0 Å². The molecule has 3 aromatic rings. The average Bonchev–Trinajstić information content (AvgIpc) is 3.47. The van der Waals surface area contributed by atoms with Crippen LogP contribution in [-0.2, 0) is 11.3 Å². The third kappa shape index (κ3) is 4.08. The number of hydrogen-bond donors (Lipinski definition) is 3. The number of nitrogens with zero attached hydrogens (tertiary/aromatic N) is 6. The quantitative estimate of drug-likeness (QED) is 0.447. The van der Waals surface area contributed by atoms with Crippen LogP contribution in [0.25, 0.3) is 16.8 Å². The van der Waals surface area contributed by atoms with Crippen LogP contribution in [-0.4, -0.2) is 75.5 Å². The molecule has 2 fully saturated rings. The molecule has 11 heteroatoms. The monoisotopic (exact) mass is 481 g/mol. The third-order valence-corrected chi connectivity index (χ3v) is 7.10. The molecule has 2 atom stereocenters. The van der Waals surface area contributed by atoms with E-state index in [1.165, 1.54) is 11.4 Å². The number of nitrogens with two attached hydrogens (primary N) is 1. The normalized spacial score (nSPS) is 22.2. The largest absolute Gasteiger partial charge is 0.389 e. The van der Waals surface area contributed by atoms with Crippen LogP contribution >= 0.6 is 0 Å². The molecule has 11 nitrogen and oxygen atoms in total. The highest BCUT2D eigenvalue weighted by Gasteiger charge is 2.44. The van der Waals surface area contributed by atoms with Crippen LogP contribution in [0.3, 0.4) is 0 Å². The molecular formula is C24H31N7O4. The molecule has 186 valence electrons. The number of ketones is 1. The molecule has 2 saturated heterocycles. The van der Waals surface area contributed by atoms with Gasteiger partial charge in [-0.1, -0.05) is 0 Å². The van der Waals surface area contributed by atoms with Gasteiger partial charge in [-0.05, 0) is 46.5 Å². The lowest BCUT2D eigenvalue weighted by Crippen LogP contribution is -2.47. The summed E-state index contributed by atoms with van der Waals surface area (Å²) in [5.74, 6) is -0.217. The first-order valence-corrected chi connectivity index (χ1v) is 11.9. The number of Topliss-reactive ketones (excluding diaryl/α,β-unsaturated/α-hetero) is 1. The van der Waals surface area contributed by atoms with Crippen LogP contribution in [0, 0.1) is 0 Å². The van der Waals surface area contributed by atoms with Crippen molar-refractivity contribution in [3.05, 3.63) is 29.8 Å². The van der Waals surface area contributed by atoms with E-state index in [4.69, 9.17) is 10.7 Å². The van der Waals surface area contributed by atoms with E-state index in [0.717, 1.165) is 24.0 Å². The molecule has 0 radical (unpaired) electrons. The van der Waals surface area contributed by atoms with Crippen LogP contribution < -0.4 is 5.73 Å². The second kappa shape index (κ2) is 8.42. The molecule has 0 aromatic carbocycles. The fraction of sp³-hybridized carbons (Fsp3) is 0.542. The Balaban J connectivity index is 1.57. The first-order valence-electron chi connectivity index (χ1n) is 11.9. The highest BCUT2D eigenvalue weighted by atomic mass is 16.3. The maximum absolute atomic E-state index is 12.7. The molecule has 2 unspecified atom stereocenters. The van der Waals surface area contributed by atoms with Crippen molar-refractivity contribution in [1.29, 1.82) is 0 Å². The van der Waals surface area contributed by atoms with Crippen molar-refractivity contribution < 1.29 is 19.8 Å². The number of nitrogen functional groups attached to an aromatic ring is 1. The zero-order valence-electron chi connectivity index (χ0n) is 20.2. The lowest BCUT2D eigenvalue weighted by molar-refractivity contribution is -0.138. The zero-order valence-corrected chi connectivity index (χ0v) is 20.2. The lowest BCUT2D eigenvalue weighted by Gasteiger charge is -2.39. The number of piperidine rings is 1. The topological polar surface area (TPSA) is 152 Å². The van der Waals surface area contributed by atoms with E-state index < -0.39 is 12.2 Å². The molecule has 2 aliphatic rings. The van der Waals surface area contributed by atoms with Gasteiger partial charge in [0.1, 0.15) is 12.4 Å². The molecule has 4 N–H and O–H groups in total. The lowest BCUT2D eigenvalue weighted by atomic mass is 9.85. The van der Waals surface area contributed by atoms with Gasteiger partial charge in [-0.15, -0.1) is 0 Å². The molecule has 3 aromatic heterocycles. The second-order valence-corrected chi connectivity index (χ2v) is 10.4. The number of hydrogen-bond acceptors (Lipinski definition) is 8. The van der Waals surface area contributed by atoms with Crippen molar-refractivity contribution in [2.24, 2.45) is 0 Å². The molecule has 5 heterocycles. The Labute approximate surface area is 202 Å². The van der Waals surface area contributed by atoms with Gasteiger partial charge in [-0.2, -0.15) is 14.7 Å². The van der Waals surface area contributed by atoms with Gasteiger partial charge in [-0.3, -0.25) is 14.3 Å². The Morgan fingerprint density at radius 1 is 1.17 bits per heavy atom. The summed E-state index contributed by atoms with van der Waals surface area (Å²) in [6.45, 7) is 4.75. The maximum Gasteiger partial charge on any atom is 0.248 e. The first-order chi connectivity index (χ1) is 16.6. The van der Waals surface area contributed by atoms with Crippen molar-refractivity contribution in [3.63, 3.8) is 0 Å². The molecule has 1 amide bonds. The van der Waals surface area contributed by atoms with Crippen LogP contribution in [0.15, 0.2) is 18.6 Å². The van der Waals surface area contributed by atoms with Crippen molar-refractivity contribution in [1.82, 2.24) is 29.3 Å². The minimum Gasteiger partial charge on any atom is -0.389 e. The minimum absolute atomic E-state index is 0.0157. The number of aliphatic hydroxyl groups is 2. The Morgan fingerprint density at radius 2 is 1.86 bits per heavy atom. The molecule has 5 rings (SSSR count). The molecular weight excluding hydrogens is 450 g/mol. The average molecular weight is 482 g/mol. The highest BCUT2D eigenvalue weighted by Crippen LogP contribution is 2.44. The van der Waals surface area contributed by atoms with Crippen molar-refractivity contribution in [3.8, 4) is 11.1 Å². The van der Waals surface area contributed by atoms with Crippen LogP contribution in [0.5, 0.6) is 0 Å². The molecule has 0 aliphatic carbocycles. The maximum atomic E-state index is 12.7. The highest BCUT2D eigenvalue weighted by molar-refractivity contribution is 6.00. The molecule has 35 heavy (non-hydrogen) atoms. The van der Waals surface area contributed by atoms with Crippen LogP contribution in [0.1, 0.15) is 68.4 Å². The molecule has 0 saturated carbocycles. The summed E-state index contributed by atoms with van der Waals surface area (Å²) >= 11 is 0. The standard InChI is InChI=1S/C24H31N7O4/c1-13(33)20-21(14-6-16-4-5-17(7-14)30(16)19(34)11-32)28-23-18(9-27-31(23)22(20)25)15-8-26-29(10-15)12-24(2,3)35/h8-10,14,16-17,32,35H,4-7,11-12,25H2,1-3H3. The van der Waals surface area contributed by atoms with Gasteiger partial charge < -0.3 is 20.8 Å². The van der Waals surface area contributed by atoms with Gasteiger partial charge in [0.15, 0.2) is 11.4 Å². The van der Waals surface area contributed by atoms with Crippen molar-refractivity contribution in [2.45, 2.75) is 76.6 Å². The van der Waals surface area contributed by atoms with E-state index in [2.05, 4.69) is 10.2 Å². The van der Waals surface area contributed by atoms with E-state index in [-0.39, 0.29) is 35.5 Å². The summed E-state index contributed by atoms with van der Waals surface area (Å²) < 4.78 is 3.15. The first kappa shape index (κ1) is 23.4. The summed E-state index contributed by atoms with van der Waals surface area (Å²) in [4.78, 5) is 31.7. The summed E-state index contributed by atoms with van der Waals surface area (Å²) in [6.07, 6.45) is 8.25. The van der Waals surface area contributed by atoms with E-state index in [9.17, 15) is 19.8 Å². The number of aliphatic hydroxyl groups excluding tert-OH is 1. The Kier molecular flexibility index (Phi) is 5.64. The smallest absolute Gasteiger partial charge is 0.248 e. The zero-order chi connectivity index (χ0) is 25.1. The van der Waals surface area contributed by atoms with E-state index in [1.54, 1.807) is 30.9 Å². The predicted octanol–water partition coefficient (Wildman–Crippen LogP) is 1.38. The number of aromatic nitrogens is 5. The Hall–Kier alpha value is -3.31. The SMILES string of the molecule is CC(=O)c1c(C2CC3CCC(C2)N3C(=O)CO)nc2c(-c3cnn(CC(C)(C)O)c3)cnn2c1N. The number of carbonyl (C=O) groups excluding carboxylic acids is 2. The van der Waals surface area contributed by atoms with Crippen molar-refractivity contribution >= 4 is 23.2 Å². The molecule has 0 spiro atoms. The van der Waals surface area contributed by atoms with Crippen LogP contribution in [0.4, 0.5) is 5.82 Å². The Bertz CT molecular complexity index is 1290. The molecule has 2 bridgehead atoms. The van der Waals surface area contributed by atoms with Gasteiger partial charge in [0.25, 0.3) is 0 Å². The van der Waals surface area contributed by atoms with Crippen molar-refractivity contribution in [2.75, 3.05) is 12.3 Å². The van der Waals surface area contributed by atoms with E-state index in [1.807, 2.05) is 11.1 Å². The van der Waals surface area contributed by atoms with E-state index in [0.29, 0.717) is 36.3 Å². The summed E-state index contributed by atoms with van der Waals surface area (Å²) in [5, 5.41) is 28.3. The Morgan fingerprint density at radius 3 is 2.46 bits per heavy atom. The molecule has 2 aliphatic heterocycles. The number of rotatable bonds is 6. The fourth-order valence-electron chi connectivity index (χ4n) is 5.77. The summed E-state index contributed by atoms with van der Waals surface area (Å²) in [7, 11) is 0. The van der Waals surface area contributed by atoms with E-state index >= 15 is 0 Å². The van der Waals surface area contributed by atoms with Crippen LogP contribution in [0.2, 0.25) is 0 Å². The third-order valence-electron chi connectivity index (χ3n) is 7.10. The summed E-state index contributed by atoms with van der Waals surface area (Å²) in [5.41, 5.74) is 8.61. The number of anilines is 1. The number of carbonyl (C=O) groups is 2. The second-order valence-electron chi connectivity index (χ2n) is 10.4. The van der Waals surface area contributed by atoms with Gasteiger partial charge in [0, 0.05) is 35.3 Å². The van der Waals surface area contributed by atoms with Gasteiger partial charge in [-0.25, -0.2) is 4.98 Å². The summed E-state index contributed by atoms with van der Waals surface area (Å²) in [6, 6.07) is 0.0313. The fourth-order valence-corrected chi connectivity index (χ4v) is 5.77. The van der Waals surface area contributed by atoms with Gasteiger partial charge in [0.2, 0.25) is 5.91 Å². The van der Waals surface area contributed by atoms with Gasteiger partial charge in [0.05, 0.1) is 35.8 Å².